The van der Waals surface area contributed by atoms with Gasteiger partial charge in [0.15, 0.2) is 5.78 Å². The van der Waals surface area contributed by atoms with Crippen LogP contribution in [0.5, 0.6) is 0 Å². The summed E-state index contributed by atoms with van der Waals surface area (Å²) in [4.78, 5) is 12.2. The molecule has 0 saturated heterocycles. The van der Waals surface area contributed by atoms with Crippen molar-refractivity contribution in [3.05, 3.63) is 34.9 Å². The molecule has 1 N–H and O–H groups in total. The lowest BCUT2D eigenvalue weighted by Crippen LogP contribution is -2.32. The first-order valence-corrected chi connectivity index (χ1v) is 7.50. The van der Waals surface area contributed by atoms with E-state index >= 15 is 0 Å². The summed E-state index contributed by atoms with van der Waals surface area (Å²) >= 11 is 0. The molecule has 2 rings (SSSR count). The van der Waals surface area contributed by atoms with Gasteiger partial charge in [-0.05, 0) is 38.3 Å². The van der Waals surface area contributed by atoms with Gasteiger partial charge in [0.2, 0.25) is 0 Å². The Balaban J connectivity index is 1.82. The number of carbonyl (C=O) groups is 1. The van der Waals surface area contributed by atoms with Crippen molar-refractivity contribution >= 4 is 5.78 Å². The number of benzene rings is 1. The first-order chi connectivity index (χ1) is 9.16. The van der Waals surface area contributed by atoms with E-state index in [-0.39, 0.29) is 5.78 Å². The van der Waals surface area contributed by atoms with Crippen LogP contribution in [-0.4, -0.2) is 18.4 Å². The largest absolute Gasteiger partial charge is 0.314 e. The highest BCUT2D eigenvalue weighted by Gasteiger charge is 2.14. The molecule has 104 valence electrons. The van der Waals surface area contributed by atoms with Crippen molar-refractivity contribution in [1.29, 1.82) is 0 Å². The van der Waals surface area contributed by atoms with Crippen molar-refractivity contribution in [1.82, 2.24) is 5.32 Å². The number of carbonyl (C=O) groups excluding carboxylic acids is 1. The van der Waals surface area contributed by atoms with Gasteiger partial charge < -0.3 is 5.32 Å². The third kappa shape index (κ3) is 4.17. The molecule has 19 heavy (non-hydrogen) atoms. The van der Waals surface area contributed by atoms with Gasteiger partial charge in [-0.1, -0.05) is 37.0 Å². The predicted octanol–water partition coefficient (Wildman–Crippen LogP) is 3.80. The van der Waals surface area contributed by atoms with Crippen molar-refractivity contribution < 1.29 is 4.79 Å². The third-order valence-corrected chi connectivity index (χ3v) is 4.08. The lowest BCUT2D eigenvalue weighted by Gasteiger charge is -2.22. The second-order valence-electron chi connectivity index (χ2n) is 5.78. The standard InChI is InChI=1S/C17H25NO/c1-13-8-9-14(2)16(12-13)17(19)10-11-18-15-6-4-3-5-7-15/h8-9,12,15,18H,3-7,10-11H2,1-2H3. The normalized spacial score (nSPS) is 16.5. The average molecular weight is 259 g/mol. The van der Waals surface area contributed by atoms with Crippen molar-refractivity contribution in [2.75, 3.05) is 6.54 Å². The molecule has 0 bridgehead atoms. The van der Waals surface area contributed by atoms with Crippen LogP contribution < -0.4 is 5.32 Å². The Bertz CT molecular complexity index is 433. The van der Waals surface area contributed by atoms with E-state index in [0.717, 1.165) is 23.2 Å². The lowest BCUT2D eigenvalue weighted by molar-refractivity contribution is 0.0980. The molecule has 2 heteroatoms. The minimum atomic E-state index is 0.268. The second kappa shape index (κ2) is 6.85. The van der Waals surface area contributed by atoms with Crippen LogP contribution in [-0.2, 0) is 0 Å². The topological polar surface area (TPSA) is 29.1 Å². The van der Waals surface area contributed by atoms with Gasteiger partial charge in [-0.3, -0.25) is 4.79 Å². The van der Waals surface area contributed by atoms with E-state index in [1.54, 1.807) is 0 Å². The summed E-state index contributed by atoms with van der Waals surface area (Å²) in [5, 5.41) is 3.54. The fourth-order valence-electron chi connectivity index (χ4n) is 2.87. The summed E-state index contributed by atoms with van der Waals surface area (Å²) in [7, 11) is 0. The number of nitrogens with one attached hydrogen (secondary N) is 1. The number of ketones is 1. The number of hydrogen-bond donors (Lipinski definition) is 1. The summed E-state index contributed by atoms with van der Waals surface area (Å²) in [5.74, 6) is 0.268. The van der Waals surface area contributed by atoms with Crippen molar-refractivity contribution in [3.8, 4) is 0 Å². The second-order valence-corrected chi connectivity index (χ2v) is 5.78. The average Bonchev–Trinajstić information content (AvgIpc) is 2.42. The van der Waals surface area contributed by atoms with E-state index in [0.29, 0.717) is 12.5 Å². The van der Waals surface area contributed by atoms with Gasteiger partial charge in [0.25, 0.3) is 0 Å². The van der Waals surface area contributed by atoms with Gasteiger partial charge in [-0.25, -0.2) is 0 Å². The molecule has 1 aliphatic rings. The molecule has 0 spiro atoms. The van der Waals surface area contributed by atoms with Gasteiger partial charge in [0.05, 0.1) is 0 Å². The Morgan fingerprint density at radius 3 is 2.68 bits per heavy atom. The Morgan fingerprint density at radius 2 is 1.95 bits per heavy atom. The van der Waals surface area contributed by atoms with Gasteiger partial charge in [0, 0.05) is 24.6 Å². The highest BCUT2D eigenvalue weighted by atomic mass is 16.1. The molecule has 0 unspecified atom stereocenters. The van der Waals surface area contributed by atoms with Crippen LogP contribution in [0.1, 0.15) is 60.0 Å². The summed E-state index contributed by atoms with van der Waals surface area (Å²) in [6.07, 6.45) is 7.21. The SMILES string of the molecule is Cc1ccc(C)c(C(=O)CCNC2CCCCC2)c1. The van der Waals surface area contributed by atoms with Gasteiger partial charge >= 0.3 is 0 Å². The van der Waals surface area contributed by atoms with Gasteiger partial charge in [-0.15, -0.1) is 0 Å². The van der Waals surface area contributed by atoms with E-state index in [1.807, 2.05) is 26.0 Å². The summed E-state index contributed by atoms with van der Waals surface area (Å²) in [6, 6.07) is 6.75. The van der Waals surface area contributed by atoms with E-state index in [1.165, 1.54) is 32.1 Å². The van der Waals surface area contributed by atoms with E-state index < -0.39 is 0 Å². The molecular formula is C17H25NO. The van der Waals surface area contributed by atoms with Crippen molar-refractivity contribution in [2.45, 2.75) is 58.4 Å². The maximum Gasteiger partial charge on any atom is 0.164 e. The lowest BCUT2D eigenvalue weighted by atomic mass is 9.95. The number of hydrogen-bond acceptors (Lipinski definition) is 2. The molecule has 0 aliphatic heterocycles. The van der Waals surface area contributed by atoms with E-state index in [2.05, 4.69) is 11.4 Å². The molecule has 0 heterocycles. The molecule has 1 fully saturated rings. The van der Waals surface area contributed by atoms with Crippen LogP contribution in [0.25, 0.3) is 0 Å². The van der Waals surface area contributed by atoms with Crippen LogP contribution in [0.3, 0.4) is 0 Å². The zero-order valence-corrected chi connectivity index (χ0v) is 12.2. The van der Waals surface area contributed by atoms with Crippen LogP contribution in [0.15, 0.2) is 18.2 Å². The number of Topliss-reactive ketones (excluding diaryl/α,β-unsaturated/α-hetero) is 1. The van der Waals surface area contributed by atoms with Crippen molar-refractivity contribution in [3.63, 3.8) is 0 Å². The van der Waals surface area contributed by atoms with Gasteiger partial charge in [-0.2, -0.15) is 0 Å². The van der Waals surface area contributed by atoms with E-state index in [4.69, 9.17) is 0 Å². The summed E-state index contributed by atoms with van der Waals surface area (Å²) < 4.78 is 0. The monoisotopic (exact) mass is 259 g/mol. The molecule has 1 aromatic rings. The highest BCUT2D eigenvalue weighted by molar-refractivity contribution is 5.97. The molecule has 0 atom stereocenters. The molecule has 2 nitrogen and oxygen atoms in total. The first kappa shape index (κ1) is 14.3. The van der Waals surface area contributed by atoms with E-state index in [9.17, 15) is 4.79 Å². The van der Waals surface area contributed by atoms with Crippen LogP contribution >= 0.6 is 0 Å². The third-order valence-electron chi connectivity index (χ3n) is 4.08. The molecule has 1 aromatic carbocycles. The molecular weight excluding hydrogens is 234 g/mol. The Labute approximate surface area is 116 Å². The fraction of sp³-hybridized carbons (Fsp3) is 0.588. The molecule has 0 aromatic heterocycles. The Hall–Kier alpha value is -1.15. The maximum atomic E-state index is 12.2. The minimum Gasteiger partial charge on any atom is -0.314 e. The summed E-state index contributed by atoms with van der Waals surface area (Å²) in [6.45, 7) is 4.87. The van der Waals surface area contributed by atoms with Crippen LogP contribution in [0, 0.1) is 13.8 Å². The molecule has 0 amide bonds. The van der Waals surface area contributed by atoms with Crippen LogP contribution in [0.4, 0.5) is 0 Å². The Kier molecular flexibility index (Phi) is 5.15. The molecule has 0 radical (unpaired) electrons. The molecule has 1 aliphatic carbocycles. The maximum absolute atomic E-state index is 12.2. The predicted molar refractivity (Wildman–Crippen MR) is 79.7 cm³/mol. The quantitative estimate of drug-likeness (QED) is 0.815. The van der Waals surface area contributed by atoms with Gasteiger partial charge in [0.1, 0.15) is 0 Å². The number of rotatable bonds is 5. The summed E-state index contributed by atoms with van der Waals surface area (Å²) in [5.41, 5.74) is 3.15. The van der Waals surface area contributed by atoms with Crippen molar-refractivity contribution in [2.24, 2.45) is 0 Å². The smallest absolute Gasteiger partial charge is 0.164 e. The number of aryl methyl sites for hydroxylation is 2. The Morgan fingerprint density at radius 1 is 1.21 bits per heavy atom. The van der Waals surface area contributed by atoms with Crippen LogP contribution in [0.2, 0.25) is 0 Å². The minimum absolute atomic E-state index is 0.268. The zero-order valence-electron chi connectivity index (χ0n) is 12.2. The fourth-order valence-corrected chi connectivity index (χ4v) is 2.87. The highest BCUT2D eigenvalue weighted by Crippen LogP contribution is 2.17. The zero-order chi connectivity index (χ0) is 13.7. The molecule has 1 saturated carbocycles. The first-order valence-electron chi connectivity index (χ1n) is 7.50.